The minimum atomic E-state index is -0.210. The van der Waals surface area contributed by atoms with Gasteiger partial charge in [-0.1, -0.05) is 11.6 Å². The van der Waals surface area contributed by atoms with Gasteiger partial charge in [-0.15, -0.1) is 0 Å². The maximum atomic E-state index is 12.1. The number of hydrogen-bond donors (Lipinski definition) is 3. The molecule has 0 spiro atoms. The molecule has 2 aromatic carbocycles. The standard InChI is InChI=1S/C19H20ClN3O2/c20-15-5-3-14(4-6-15)19(25)23-17-9-7-16(8-10-17)22-18(24)12-21-11-13-1-2-13/h3-10,13,21H,1-2,11-12H2,(H,22,24)(H,23,25). The lowest BCUT2D eigenvalue weighted by Crippen LogP contribution is -2.29. The molecule has 0 heterocycles. The van der Waals surface area contributed by atoms with E-state index < -0.39 is 0 Å². The van der Waals surface area contributed by atoms with Crippen LogP contribution in [0.5, 0.6) is 0 Å². The van der Waals surface area contributed by atoms with Gasteiger partial charge in [-0.2, -0.15) is 0 Å². The highest BCUT2D eigenvalue weighted by Gasteiger charge is 2.20. The SMILES string of the molecule is O=C(CNCC1CC1)Nc1ccc(NC(=O)c2ccc(Cl)cc2)cc1. The lowest BCUT2D eigenvalue weighted by molar-refractivity contribution is -0.115. The lowest BCUT2D eigenvalue weighted by atomic mass is 10.2. The largest absolute Gasteiger partial charge is 0.325 e. The molecule has 1 saturated carbocycles. The van der Waals surface area contributed by atoms with E-state index in [0.717, 1.165) is 12.5 Å². The van der Waals surface area contributed by atoms with Gasteiger partial charge in [0.1, 0.15) is 0 Å². The third kappa shape index (κ3) is 5.59. The van der Waals surface area contributed by atoms with Crippen LogP contribution in [-0.2, 0) is 4.79 Å². The van der Waals surface area contributed by atoms with Crippen LogP contribution in [-0.4, -0.2) is 24.9 Å². The van der Waals surface area contributed by atoms with Crippen molar-refractivity contribution < 1.29 is 9.59 Å². The molecule has 0 unspecified atom stereocenters. The summed E-state index contributed by atoms with van der Waals surface area (Å²) in [5, 5.41) is 9.37. The quantitative estimate of drug-likeness (QED) is 0.710. The highest BCUT2D eigenvalue weighted by atomic mass is 35.5. The molecule has 3 N–H and O–H groups in total. The zero-order chi connectivity index (χ0) is 17.6. The Morgan fingerprint density at radius 3 is 2.12 bits per heavy atom. The van der Waals surface area contributed by atoms with E-state index in [1.807, 2.05) is 0 Å². The molecule has 1 fully saturated rings. The number of benzene rings is 2. The van der Waals surface area contributed by atoms with Gasteiger partial charge in [0, 0.05) is 22.0 Å². The molecule has 0 saturated heterocycles. The molecule has 0 radical (unpaired) electrons. The molecule has 130 valence electrons. The Morgan fingerprint density at radius 2 is 1.52 bits per heavy atom. The summed E-state index contributed by atoms with van der Waals surface area (Å²) in [5.74, 6) is 0.465. The van der Waals surface area contributed by atoms with Crippen LogP contribution >= 0.6 is 11.6 Å². The molecule has 25 heavy (non-hydrogen) atoms. The molecule has 0 aliphatic heterocycles. The van der Waals surface area contributed by atoms with Crippen LogP contribution < -0.4 is 16.0 Å². The molecule has 3 rings (SSSR count). The number of nitrogens with one attached hydrogen (secondary N) is 3. The predicted molar refractivity (Wildman–Crippen MR) is 100 cm³/mol. The number of halogens is 1. The van der Waals surface area contributed by atoms with Crippen LogP contribution in [0.25, 0.3) is 0 Å². The van der Waals surface area contributed by atoms with Crippen molar-refractivity contribution >= 4 is 34.8 Å². The normalized spacial score (nSPS) is 13.3. The Morgan fingerprint density at radius 1 is 0.920 bits per heavy atom. The average Bonchev–Trinajstić information content (AvgIpc) is 3.41. The molecular formula is C19H20ClN3O2. The summed E-state index contributed by atoms with van der Waals surface area (Å²) < 4.78 is 0. The van der Waals surface area contributed by atoms with Gasteiger partial charge in [0.15, 0.2) is 0 Å². The Balaban J connectivity index is 1.48. The summed E-state index contributed by atoms with van der Waals surface area (Å²) in [6.07, 6.45) is 2.52. The number of amides is 2. The van der Waals surface area contributed by atoms with Crippen molar-refractivity contribution in [1.82, 2.24) is 5.32 Å². The van der Waals surface area contributed by atoms with Crippen LogP contribution in [0.15, 0.2) is 48.5 Å². The Kier molecular flexibility index (Phi) is 5.68. The van der Waals surface area contributed by atoms with Gasteiger partial charge in [-0.25, -0.2) is 0 Å². The predicted octanol–water partition coefficient (Wildman–Crippen LogP) is 3.53. The summed E-state index contributed by atoms with van der Waals surface area (Å²) in [6.45, 7) is 1.22. The van der Waals surface area contributed by atoms with E-state index in [4.69, 9.17) is 11.6 Å². The minimum absolute atomic E-state index is 0.0707. The van der Waals surface area contributed by atoms with E-state index in [-0.39, 0.29) is 11.8 Å². The maximum Gasteiger partial charge on any atom is 0.255 e. The van der Waals surface area contributed by atoms with E-state index in [2.05, 4.69) is 16.0 Å². The number of anilines is 2. The Hall–Kier alpha value is -2.37. The Labute approximate surface area is 151 Å². The van der Waals surface area contributed by atoms with Crippen molar-refractivity contribution in [2.75, 3.05) is 23.7 Å². The molecule has 1 aliphatic rings. The molecule has 0 aromatic heterocycles. The Bertz CT molecular complexity index is 740. The third-order valence-corrected chi connectivity index (χ3v) is 4.20. The van der Waals surface area contributed by atoms with E-state index in [0.29, 0.717) is 28.5 Å². The molecule has 2 amide bonds. The van der Waals surface area contributed by atoms with Crippen LogP contribution in [0.4, 0.5) is 11.4 Å². The zero-order valence-electron chi connectivity index (χ0n) is 13.7. The van der Waals surface area contributed by atoms with Crippen molar-refractivity contribution in [1.29, 1.82) is 0 Å². The summed E-state index contributed by atoms with van der Waals surface area (Å²) in [5.41, 5.74) is 1.89. The lowest BCUT2D eigenvalue weighted by Gasteiger charge is -2.09. The second-order valence-electron chi connectivity index (χ2n) is 6.16. The first kappa shape index (κ1) is 17.5. The zero-order valence-corrected chi connectivity index (χ0v) is 14.5. The maximum absolute atomic E-state index is 12.1. The van der Waals surface area contributed by atoms with Gasteiger partial charge in [-0.3, -0.25) is 9.59 Å². The molecule has 6 heteroatoms. The van der Waals surface area contributed by atoms with Crippen molar-refractivity contribution in [3.05, 3.63) is 59.1 Å². The van der Waals surface area contributed by atoms with Crippen LogP contribution in [0.3, 0.4) is 0 Å². The van der Waals surface area contributed by atoms with Crippen LogP contribution in [0.1, 0.15) is 23.2 Å². The number of hydrogen-bond acceptors (Lipinski definition) is 3. The number of carbonyl (C=O) groups excluding carboxylic acids is 2. The van der Waals surface area contributed by atoms with Crippen molar-refractivity contribution in [3.63, 3.8) is 0 Å². The summed E-state index contributed by atoms with van der Waals surface area (Å²) >= 11 is 5.81. The molecule has 2 aromatic rings. The first-order chi connectivity index (χ1) is 12.1. The van der Waals surface area contributed by atoms with Gasteiger partial charge < -0.3 is 16.0 Å². The summed E-state index contributed by atoms with van der Waals surface area (Å²) in [4.78, 5) is 24.0. The van der Waals surface area contributed by atoms with Crippen molar-refractivity contribution in [2.24, 2.45) is 5.92 Å². The van der Waals surface area contributed by atoms with Gasteiger partial charge in [0.2, 0.25) is 5.91 Å². The van der Waals surface area contributed by atoms with Crippen molar-refractivity contribution in [3.8, 4) is 0 Å². The van der Waals surface area contributed by atoms with Crippen LogP contribution in [0.2, 0.25) is 5.02 Å². The monoisotopic (exact) mass is 357 g/mol. The van der Waals surface area contributed by atoms with Crippen LogP contribution in [0, 0.1) is 5.92 Å². The first-order valence-electron chi connectivity index (χ1n) is 8.28. The van der Waals surface area contributed by atoms with Gasteiger partial charge in [0.05, 0.1) is 6.54 Å². The van der Waals surface area contributed by atoms with E-state index in [1.54, 1.807) is 48.5 Å². The topological polar surface area (TPSA) is 70.2 Å². The van der Waals surface area contributed by atoms with Gasteiger partial charge >= 0.3 is 0 Å². The molecule has 1 aliphatic carbocycles. The molecular weight excluding hydrogens is 338 g/mol. The fourth-order valence-electron chi connectivity index (χ4n) is 2.36. The molecule has 5 nitrogen and oxygen atoms in total. The minimum Gasteiger partial charge on any atom is -0.325 e. The van der Waals surface area contributed by atoms with Crippen molar-refractivity contribution in [2.45, 2.75) is 12.8 Å². The summed E-state index contributed by atoms with van der Waals surface area (Å²) in [7, 11) is 0. The third-order valence-electron chi connectivity index (χ3n) is 3.95. The molecule has 0 bridgehead atoms. The first-order valence-corrected chi connectivity index (χ1v) is 8.65. The number of carbonyl (C=O) groups is 2. The summed E-state index contributed by atoms with van der Waals surface area (Å²) in [6, 6.07) is 13.7. The van der Waals surface area contributed by atoms with Gasteiger partial charge in [-0.05, 0) is 73.8 Å². The van der Waals surface area contributed by atoms with E-state index in [9.17, 15) is 9.59 Å². The second-order valence-corrected chi connectivity index (χ2v) is 6.60. The highest BCUT2D eigenvalue weighted by molar-refractivity contribution is 6.30. The van der Waals surface area contributed by atoms with E-state index in [1.165, 1.54) is 12.8 Å². The molecule has 0 atom stereocenters. The number of rotatable bonds is 7. The highest BCUT2D eigenvalue weighted by Crippen LogP contribution is 2.27. The van der Waals surface area contributed by atoms with Gasteiger partial charge in [0.25, 0.3) is 5.91 Å². The second kappa shape index (κ2) is 8.14. The fourth-order valence-corrected chi connectivity index (χ4v) is 2.48. The smallest absolute Gasteiger partial charge is 0.255 e. The fraction of sp³-hybridized carbons (Fsp3) is 0.263. The van der Waals surface area contributed by atoms with E-state index >= 15 is 0 Å². The average molecular weight is 358 g/mol.